The van der Waals surface area contributed by atoms with Crippen molar-refractivity contribution in [3.8, 4) is 5.69 Å². The van der Waals surface area contributed by atoms with E-state index < -0.39 is 0 Å². The van der Waals surface area contributed by atoms with E-state index in [2.05, 4.69) is 44.8 Å². The molecule has 0 aliphatic carbocycles. The second-order valence-electron chi connectivity index (χ2n) is 7.47. The van der Waals surface area contributed by atoms with Crippen molar-refractivity contribution in [1.29, 1.82) is 0 Å². The number of hydrogen-bond donors (Lipinski definition) is 1. The zero-order valence-electron chi connectivity index (χ0n) is 17.4. The number of carbonyl (C=O) groups is 1. The van der Waals surface area contributed by atoms with Crippen molar-refractivity contribution >= 4 is 12.0 Å². The van der Waals surface area contributed by atoms with Crippen LogP contribution in [0.4, 0.5) is 10.7 Å². The molecule has 156 valence electrons. The van der Waals surface area contributed by atoms with E-state index in [0.717, 1.165) is 17.7 Å². The summed E-state index contributed by atoms with van der Waals surface area (Å²) in [7, 11) is 0. The van der Waals surface area contributed by atoms with Crippen LogP contribution >= 0.6 is 0 Å². The predicted molar refractivity (Wildman–Crippen MR) is 116 cm³/mol. The first-order chi connectivity index (χ1) is 14.7. The third-order valence-corrected chi connectivity index (χ3v) is 5.51. The van der Waals surface area contributed by atoms with Crippen LogP contribution in [-0.4, -0.2) is 57.3 Å². The summed E-state index contributed by atoms with van der Waals surface area (Å²) in [6.45, 7) is 6.73. The molecular weight excluding hydrogens is 378 g/mol. The fraction of sp³-hybridized carbons (Fsp3) is 0.364. The minimum atomic E-state index is -0.0405. The van der Waals surface area contributed by atoms with Gasteiger partial charge in [0.2, 0.25) is 5.95 Å². The number of anilines is 1. The number of rotatable bonds is 5. The molecule has 1 aliphatic heterocycles. The molecule has 8 heteroatoms. The number of aromatic nitrogens is 4. The van der Waals surface area contributed by atoms with Crippen LogP contribution in [0.3, 0.4) is 0 Å². The normalized spacial score (nSPS) is 15.1. The van der Waals surface area contributed by atoms with Gasteiger partial charge in [-0.05, 0) is 47.0 Å². The first-order valence-electron chi connectivity index (χ1n) is 10.4. The van der Waals surface area contributed by atoms with Gasteiger partial charge < -0.3 is 15.1 Å². The zero-order chi connectivity index (χ0) is 20.9. The maximum absolute atomic E-state index is 12.7. The molecule has 4 rings (SSSR count). The molecule has 0 radical (unpaired) electrons. The Morgan fingerprint density at radius 1 is 1.07 bits per heavy atom. The summed E-state index contributed by atoms with van der Waals surface area (Å²) in [5.74, 6) is 0.709. The van der Waals surface area contributed by atoms with Crippen LogP contribution in [0.1, 0.15) is 31.0 Å². The van der Waals surface area contributed by atoms with E-state index in [-0.39, 0.29) is 12.1 Å². The first kappa shape index (κ1) is 19.9. The monoisotopic (exact) mass is 405 g/mol. The Kier molecular flexibility index (Phi) is 5.92. The fourth-order valence-electron chi connectivity index (χ4n) is 3.67. The number of aryl methyl sites for hydroxylation is 1. The smallest absolute Gasteiger partial charge is 0.317 e. The van der Waals surface area contributed by atoms with Crippen LogP contribution in [0, 0.1) is 0 Å². The molecule has 0 bridgehead atoms. The number of amides is 2. The van der Waals surface area contributed by atoms with Gasteiger partial charge in [-0.2, -0.15) is 4.68 Å². The average Bonchev–Trinajstić information content (AvgIpc) is 3.30. The lowest BCUT2D eigenvalue weighted by atomic mass is 10.1. The molecule has 1 aromatic heterocycles. The number of piperazine rings is 1. The van der Waals surface area contributed by atoms with Gasteiger partial charge in [-0.15, -0.1) is 0 Å². The Labute approximate surface area is 176 Å². The van der Waals surface area contributed by atoms with E-state index in [4.69, 9.17) is 0 Å². The Morgan fingerprint density at radius 2 is 1.83 bits per heavy atom. The van der Waals surface area contributed by atoms with E-state index in [1.807, 2.05) is 54.3 Å². The van der Waals surface area contributed by atoms with Crippen LogP contribution in [0.15, 0.2) is 54.6 Å². The topological polar surface area (TPSA) is 79.2 Å². The van der Waals surface area contributed by atoms with Crippen LogP contribution in [0.5, 0.6) is 0 Å². The molecule has 1 fully saturated rings. The second kappa shape index (κ2) is 8.94. The fourth-order valence-corrected chi connectivity index (χ4v) is 3.67. The van der Waals surface area contributed by atoms with Gasteiger partial charge in [-0.1, -0.05) is 54.5 Å². The van der Waals surface area contributed by atoms with Crippen LogP contribution < -0.4 is 10.2 Å². The standard InChI is InChI=1S/C22H27N7O/c1-3-18-8-7-11-20(16-18)29-21(24-25-26-29)27-12-14-28(15-13-27)22(30)23-17(2)19-9-5-4-6-10-19/h4-11,16-17H,3,12-15H2,1-2H3,(H,23,30). The summed E-state index contributed by atoms with van der Waals surface area (Å²) in [6, 6.07) is 18.2. The molecule has 1 unspecified atom stereocenters. The third-order valence-electron chi connectivity index (χ3n) is 5.51. The summed E-state index contributed by atoms with van der Waals surface area (Å²) >= 11 is 0. The van der Waals surface area contributed by atoms with Crippen LogP contribution in [0.25, 0.3) is 5.69 Å². The minimum absolute atomic E-state index is 0.0325. The summed E-state index contributed by atoms with van der Waals surface area (Å²) in [5.41, 5.74) is 3.28. The maximum Gasteiger partial charge on any atom is 0.317 e. The molecule has 1 aliphatic rings. The summed E-state index contributed by atoms with van der Waals surface area (Å²) in [4.78, 5) is 16.7. The maximum atomic E-state index is 12.7. The molecule has 3 aromatic rings. The minimum Gasteiger partial charge on any atom is -0.336 e. The molecule has 0 spiro atoms. The molecule has 8 nitrogen and oxygen atoms in total. The number of benzene rings is 2. The van der Waals surface area contributed by atoms with E-state index in [1.165, 1.54) is 5.56 Å². The average molecular weight is 406 g/mol. The Morgan fingerprint density at radius 3 is 2.57 bits per heavy atom. The predicted octanol–water partition coefficient (Wildman–Crippen LogP) is 2.82. The van der Waals surface area contributed by atoms with Crippen molar-refractivity contribution < 1.29 is 4.79 Å². The number of tetrazole rings is 1. The molecule has 1 N–H and O–H groups in total. The molecule has 2 aromatic carbocycles. The number of nitrogens with one attached hydrogen (secondary N) is 1. The number of nitrogens with zero attached hydrogens (tertiary/aromatic N) is 6. The molecular formula is C22H27N7O. The number of urea groups is 1. The van der Waals surface area contributed by atoms with Crippen molar-refractivity contribution in [1.82, 2.24) is 30.4 Å². The second-order valence-corrected chi connectivity index (χ2v) is 7.47. The van der Waals surface area contributed by atoms with E-state index >= 15 is 0 Å². The Hall–Kier alpha value is -3.42. The quantitative estimate of drug-likeness (QED) is 0.706. The highest BCUT2D eigenvalue weighted by Crippen LogP contribution is 2.19. The van der Waals surface area contributed by atoms with Crippen molar-refractivity contribution in [3.63, 3.8) is 0 Å². The van der Waals surface area contributed by atoms with Crippen molar-refractivity contribution in [2.24, 2.45) is 0 Å². The molecule has 2 amide bonds. The largest absolute Gasteiger partial charge is 0.336 e. The van der Waals surface area contributed by atoms with Crippen molar-refractivity contribution in [2.45, 2.75) is 26.3 Å². The van der Waals surface area contributed by atoms with E-state index in [1.54, 1.807) is 4.68 Å². The van der Waals surface area contributed by atoms with E-state index in [0.29, 0.717) is 32.1 Å². The summed E-state index contributed by atoms with van der Waals surface area (Å²) < 4.78 is 1.77. The molecule has 0 saturated carbocycles. The lowest BCUT2D eigenvalue weighted by molar-refractivity contribution is 0.191. The number of carbonyl (C=O) groups excluding carboxylic acids is 1. The van der Waals surface area contributed by atoms with E-state index in [9.17, 15) is 4.79 Å². The summed E-state index contributed by atoms with van der Waals surface area (Å²) in [6.07, 6.45) is 0.959. The first-order valence-corrected chi connectivity index (χ1v) is 10.4. The van der Waals surface area contributed by atoms with Gasteiger partial charge >= 0.3 is 6.03 Å². The number of hydrogen-bond acceptors (Lipinski definition) is 5. The van der Waals surface area contributed by atoms with Gasteiger partial charge in [0.15, 0.2) is 0 Å². The molecule has 2 heterocycles. The highest BCUT2D eigenvalue weighted by Gasteiger charge is 2.25. The summed E-state index contributed by atoms with van der Waals surface area (Å²) in [5, 5.41) is 15.4. The highest BCUT2D eigenvalue weighted by molar-refractivity contribution is 5.75. The van der Waals surface area contributed by atoms with Crippen molar-refractivity contribution in [3.05, 3.63) is 65.7 Å². The Balaban J connectivity index is 1.38. The SMILES string of the molecule is CCc1cccc(-n2nnnc2N2CCN(C(=O)NC(C)c3ccccc3)CC2)c1. The highest BCUT2D eigenvalue weighted by atomic mass is 16.2. The van der Waals surface area contributed by atoms with Gasteiger partial charge in [0.05, 0.1) is 11.7 Å². The van der Waals surface area contributed by atoms with Gasteiger partial charge in [0.1, 0.15) is 0 Å². The molecule has 1 saturated heterocycles. The molecule has 1 atom stereocenters. The van der Waals surface area contributed by atoms with Gasteiger partial charge in [0, 0.05) is 26.2 Å². The lowest BCUT2D eigenvalue weighted by Gasteiger charge is -2.35. The third kappa shape index (κ3) is 4.27. The van der Waals surface area contributed by atoms with Gasteiger partial charge in [-0.3, -0.25) is 0 Å². The Bertz CT molecular complexity index is 980. The lowest BCUT2D eigenvalue weighted by Crippen LogP contribution is -2.52. The van der Waals surface area contributed by atoms with Crippen LogP contribution in [-0.2, 0) is 6.42 Å². The van der Waals surface area contributed by atoms with Crippen molar-refractivity contribution in [2.75, 3.05) is 31.1 Å². The van der Waals surface area contributed by atoms with Gasteiger partial charge in [0.25, 0.3) is 0 Å². The zero-order valence-corrected chi connectivity index (χ0v) is 17.4. The molecule has 30 heavy (non-hydrogen) atoms. The van der Waals surface area contributed by atoms with Gasteiger partial charge in [-0.25, -0.2) is 4.79 Å². The van der Waals surface area contributed by atoms with Crippen LogP contribution in [0.2, 0.25) is 0 Å².